The summed E-state index contributed by atoms with van der Waals surface area (Å²) >= 11 is 6.76. The van der Waals surface area contributed by atoms with Crippen LogP contribution in [0, 0.1) is 0 Å². The number of carbonyl (C=O) groups is 4. The Bertz CT molecular complexity index is 1190. The van der Waals surface area contributed by atoms with Gasteiger partial charge in [0.15, 0.2) is 12.5 Å². The molecule has 0 fully saturated rings. The molecule has 4 amide bonds. The Balaban J connectivity index is 1.99. The fraction of sp³-hybridized carbons (Fsp3) is 0.467. The SMILES string of the molecule is CCCCNC(=O)OC(C)N(c1c(Cl)cccc1C(C)N1C(=O)c2ccccc2C1=O)C(C)OC(=O)NCCCC. The first-order valence-corrected chi connectivity index (χ1v) is 14.4. The maximum Gasteiger partial charge on any atom is 0.409 e. The highest BCUT2D eigenvalue weighted by atomic mass is 35.5. The van der Waals surface area contributed by atoms with E-state index in [4.69, 9.17) is 21.1 Å². The number of imide groups is 1. The second-order valence-corrected chi connectivity index (χ2v) is 10.3. The number of carbonyl (C=O) groups excluding carboxylic acids is 4. The number of nitrogens with one attached hydrogen (secondary N) is 2. The van der Waals surface area contributed by atoms with Crippen molar-refractivity contribution < 1.29 is 28.7 Å². The molecule has 3 rings (SSSR count). The molecule has 0 spiro atoms. The molecule has 2 N–H and O–H groups in total. The summed E-state index contributed by atoms with van der Waals surface area (Å²) < 4.78 is 11.4. The van der Waals surface area contributed by atoms with Gasteiger partial charge in [-0.3, -0.25) is 19.4 Å². The number of halogens is 1. The summed E-state index contributed by atoms with van der Waals surface area (Å²) in [7, 11) is 0. The van der Waals surface area contributed by atoms with E-state index >= 15 is 0 Å². The number of ether oxygens (including phenoxy) is 2. The number of nitrogens with zero attached hydrogens (tertiary/aromatic N) is 2. The number of anilines is 1. The molecule has 222 valence electrons. The number of hydrogen-bond donors (Lipinski definition) is 2. The minimum atomic E-state index is -0.955. The molecule has 0 bridgehead atoms. The lowest BCUT2D eigenvalue weighted by molar-refractivity contribution is 0.0550. The fourth-order valence-corrected chi connectivity index (χ4v) is 5.02. The summed E-state index contributed by atoms with van der Waals surface area (Å²) in [4.78, 5) is 54.5. The topological polar surface area (TPSA) is 117 Å². The average molecular weight is 587 g/mol. The van der Waals surface area contributed by atoms with Crippen molar-refractivity contribution in [1.82, 2.24) is 15.5 Å². The van der Waals surface area contributed by atoms with E-state index in [1.165, 1.54) is 4.90 Å². The summed E-state index contributed by atoms with van der Waals surface area (Å²) in [5.41, 5.74) is 1.52. The molecule has 11 heteroatoms. The zero-order valence-electron chi connectivity index (χ0n) is 24.2. The Morgan fingerprint density at radius 2 is 1.32 bits per heavy atom. The van der Waals surface area contributed by atoms with Crippen LogP contribution >= 0.6 is 11.6 Å². The van der Waals surface area contributed by atoms with Gasteiger partial charge in [0.05, 0.1) is 27.9 Å². The van der Waals surface area contributed by atoms with Crippen LogP contribution in [0.1, 0.15) is 92.6 Å². The molecule has 3 atom stereocenters. The van der Waals surface area contributed by atoms with E-state index in [1.54, 1.807) is 68.1 Å². The predicted octanol–water partition coefficient (Wildman–Crippen LogP) is 6.25. The zero-order chi connectivity index (χ0) is 30.1. The van der Waals surface area contributed by atoms with Crippen molar-refractivity contribution in [2.45, 2.75) is 78.8 Å². The molecule has 10 nitrogen and oxygen atoms in total. The van der Waals surface area contributed by atoms with Gasteiger partial charge in [-0.1, -0.05) is 62.6 Å². The van der Waals surface area contributed by atoms with Gasteiger partial charge in [-0.25, -0.2) is 9.59 Å². The van der Waals surface area contributed by atoms with Crippen molar-refractivity contribution in [3.63, 3.8) is 0 Å². The molecule has 0 saturated carbocycles. The normalized spacial score (nSPS) is 14.6. The summed E-state index contributed by atoms with van der Waals surface area (Å²) in [6, 6.07) is 11.0. The number of rotatable bonds is 13. The zero-order valence-corrected chi connectivity index (χ0v) is 25.0. The summed E-state index contributed by atoms with van der Waals surface area (Å²) in [5, 5.41) is 5.69. The summed E-state index contributed by atoms with van der Waals surface area (Å²) in [6.07, 6.45) is 0.187. The van der Waals surface area contributed by atoms with E-state index in [0.717, 1.165) is 25.7 Å². The van der Waals surface area contributed by atoms with Crippen LogP contribution in [0.4, 0.5) is 15.3 Å². The Morgan fingerprint density at radius 3 is 1.78 bits per heavy atom. The maximum absolute atomic E-state index is 13.3. The van der Waals surface area contributed by atoms with Crippen LogP contribution in [0.25, 0.3) is 0 Å². The van der Waals surface area contributed by atoms with Gasteiger partial charge in [0, 0.05) is 13.1 Å². The molecule has 2 aromatic carbocycles. The van der Waals surface area contributed by atoms with Crippen LogP contribution < -0.4 is 15.5 Å². The number of alkyl carbamates (subject to hydrolysis) is 2. The second-order valence-electron chi connectivity index (χ2n) is 9.86. The van der Waals surface area contributed by atoms with Gasteiger partial charge < -0.3 is 20.1 Å². The van der Waals surface area contributed by atoms with E-state index in [0.29, 0.717) is 35.5 Å². The highest BCUT2D eigenvalue weighted by molar-refractivity contribution is 6.33. The standard InChI is InChI=1S/C30H39ClN4O6/c1-6-8-17-32-29(38)40-20(4)35(21(5)41-30(39)33-18-9-7-2)26-22(15-12-16-25(26)31)19(3)34-27(36)23-13-10-11-14-24(23)28(34)37/h10-16,19-21H,6-9,17-18H2,1-5H3,(H,32,38)(H,33,39). The van der Waals surface area contributed by atoms with Crippen LogP contribution in [0.3, 0.4) is 0 Å². The van der Waals surface area contributed by atoms with Crippen LogP contribution in [0.5, 0.6) is 0 Å². The molecule has 1 aliphatic heterocycles. The molecule has 0 radical (unpaired) electrons. The van der Waals surface area contributed by atoms with Crippen molar-refractivity contribution in [1.29, 1.82) is 0 Å². The van der Waals surface area contributed by atoms with Crippen molar-refractivity contribution in [3.05, 3.63) is 64.2 Å². The van der Waals surface area contributed by atoms with E-state index in [-0.39, 0.29) is 5.02 Å². The lowest BCUT2D eigenvalue weighted by atomic mass is 10.0. The van der Waals surface area contributed by atoms with Gasteiger partial charge in [0.2, 0.25) is 0 Å². The first-order valence-electron chi connectivity index (χ1n) is 14.0. The largest absolute Gasteiger partial charge is 0.426 e. The number of unbranched alkanes of at least 4 members (excludes halogenated alkanes) is 2. The van der Waals surface area contributed by atoms with E-state index in [9.17, 15) is 19.2 Å². The third kappa shape index (κ3) is 7.49. The predicted molar refractivity (Wildman–Crippen MR) is 157 cm³/mol. The molecular formula is C30H39ClN4O6. The first kappa shape index (κ1) is 31.7. The third-order valence-corrected chi connectivity index (χ3v) is 7.18. The van der Waals surface area contributed by atoms with Crippen molar-refractivity contribution in [2.75, 3.05) is 18.0 Å². The lowest BCUT2D eigenvalue weighted by Gasteiger charge is -2.38. The Kier molecular flexibility index (Phi) is 11.4. The number of para-hydroxylation sites is 1. The molecule has 41 heavy (non-hydrogen) atoms. The highest BCUT2D eigenvalue weighted by Gasteiger charge is 2.41. The van der Waals surface area contributed by atoms with Crippen LogP contribution in [0.15, 0.2) is 42.5 Å². The number of fused-ring (bicyclic) bond motifs is 1. The molecule has 2 aromatic rings. The number of benzene rings is 2. The third-order valence-electron chi connectivity index (χ3n) is 6.88. The number of amides is 4. The van der Waals surface area contributed by atoms with Crippen LogP contribution in [-0.2, 0) is 9.47 Å². The quantitative estimate of drug-likeness (QED) is 0.162. The number of hydrogen-bond acceptors (Lipinski definition) is 7. The average Bonchev–Trinajstić information content (AvgIpc) is 3.19. The molecule has 0 aromatic heterocycles. The van der Waals surface area contributed by atoms with Crippen LogP contribution in [-0.4, -0.2) is 54.4 Å². The van der Waals surface area contributed by atoms with Gasteiger partial charge in [0.25, 0.3) is 11.8 Å². The van der Waals surface area contributed by atoms with E-state index < -0.39 is 42.5 Å². The molecule has 3 unspecified atom stereocenters. The smallest absolute Gasteiger partial charge is 0.409 e. The minimum absolute atomic E-state index is 0.259. The van der Waals surface area contributed by atoms with Crippen LogP contribution in [0.2, 0.25) is 5.02 Å². The summed E-state index contributed by atoms with van der Waals surface area (Å²) in [5.74, 6) is -0.843. The van der Waals surface area contributed by atoms with Gasteiger partial charge in [0.1, 0.15) is 0 Å². The molecule has 1 aliphatic rings. The van der Waals surface area contributed by atoms with E-state index in [1.807, 2.05) is 13.8 Å². The van der Waals surface area contributed by atoms with Crippen molar-refractivity contribution >= 4 is 41.3 Å². The van der Waals surface area contributed by atoms with Gasteiger partial charge in [-0.05, 0) is 57.4 Å². The maximum atomic E-state index is 13.3. The highest BCUT2D eigenvalue weighted by Crippen LogP contribution is 2.40. The molecular weight excluding hydrogens is 548 g/mol. The minimum Gasteiger partial charge on any atom is -0.426 e. The fourth-order valence-electron chi connectivity index (χ4n) is 4.74. The second kappa shape index (κ2) is 14.7. The van der Waals surface area contributed by atoms with Crippen molar-refractivity contribution in [2.24, 2.45) is 0 Å². The Hall–Kier alpha value is -3.79. The molecule has 1 heterocycles. The van der Waals surface area contributed by atoms with Gasteiger partial charge in [-0.15, -0.1) is 0 Å². The Labute approximate surface area is 246 Å². The van der Waals surface area contributed by atoms with Gasteiger partial charge in [-0.2, -0.15) is 0 Å². The van der Waals surface area contributed by atoms with Gasteiger partial charge >= 0.3 is 12.2 Å². The van der Waals surface area contributed by atoms with E-state index in [2.05, 4.69) is 10.6 Å². The molecule has 0 aliphatic carbocycles. The summed E-state index contributed by atoms with van der Waals surface area (Å²) in [6.45, 7) is 9.90. The monoisotopic (exact) mass is 586 g/mol. The first-order chi connectivity index (χ1) is 19.6. The molecule has 0 saturated heterocycles. The van der Waals surface area contributed by atoms with Crippen molar-refractivity contribution in [3.8, 4) is 0 Å². The Morgan fingerprint density at radius 1 is 0.829 bits per heavy atom. The lowest BCUT2D eigenvalue weighted by Crippen LogP contribution is -2.48.